The van der Waals surface area contributed by atoms with E-state index in [-0.39, 0.29) is 22.3 Å². The molecule has 1 aromatic carbocycles. The molecular weight excluding hydrogens is 326 g/mol. The highest BCUT2D eigenvalue weighted by atomic mass is 32.2. The van der Waals surface area contributed by atoms with Crippen LogP contribution in [0.1, 0.15) is 37.1 Å². The summed E-state index contributed by atoms with van der Waals surface area (Å²) in [5, 5.41) is 4.98. The lowest BCUT2D eigenvalue weighted by Crippen LogP contribution is -2.13. The third-order valence-electron chi connectivity index (χ3n) is 4.81. The summed E-state index contributed by atoms with van der Waals surface area (Å²) >= 11 is 0. The highest BCUT2D eigenvalue weighted by Gasteiger charge is 2.61. The molecule has 2 heterocycles. The van der Waals surface area contributed by atoms with Gasteiger partial charge in [0.1, 0.15) is 5.52 Å². The van der Waals surface area contributed by atoms with Gasteiger partial charge in [0, 0.05) is 18.0 Å². The largest absolute Gasteiger partial charge is 0.440 e. The van der Waals surface area contributed by atoms with Gasteiger partial charge in [-0.1, -0.05) is 32.0 Å². The summed E-state index contributed by atoms with van der Waals surface area (Å²) in [4.78, 5) is 8.58. The van der Waals surface area contributed by atoms with E-state index in [0.717, 1.165) is 16.7 Å². The average molecular weight is 343 g/mol. The summed E-state index contributed by atoms with van der Waals surface area (Å²) in [6.45, 7) is 4.29. The Morgan fingerprint density at radius 1 is 1.12 bits per heavy atom. The van der Waals surface area contributed by atoms with Crippen LogP contribution in [-0.4, -0.2) is 18.4 Å². The fourth-order valence-corrected chi connectivity index (χ4v) is 3.95. The molecule has 0 aliphatic heterocycles. The number of oxazole rings is 1. The lowest BCUT2D eigenvalue weighted by molar-refractivity contribution is 0.493. The fraction of sp³-hybridized carbons (Fsp3) is 0.294. The van der Waals surface area contributed by atoms with Crippen molar-refractivity contribution in [1.82, 2.24) is 9.97 Å². The molecule has 1 saturated carbocycles. The minimum atomic E-state index is -3.78. The zero-order valence-corrected chi connectivity index (χ0v) is 14.1. The van der Waals surface area contributed by atoms with Crippen molar-refractivity contribution in [2.75, 3.05) is 0 Å². The maximum Gasteiger partial charge on any atom is 0.255 e. The van der Waals surface area contributed by atoms with Crippen molar-refractivity contribution < 1.29 is 12.8 Å². The molecule has 0 spiro atoms. The number of rotatable bonds is 3. The highest BCUT2D eigenvalue weighted by Crippen LogP contribution is 2.69. The molecule has 0 saturated heterocycles. The predicted octanol–water partition coefficient (Wildman–Crippen LogP) is 2.78. The Labute approximate surface area is 139 Å². The Morgan fingerprint density at radius 2 is 1.88 bits per heavy atom. The fourth-order valence-electron chi connectivity index (χ4n) is 3.49. The number of para-hydroxylation sites is 2. The van der Waals surface area contributed by atoms with Crippen molar-refractivity contribution in [3.05, 3.63) is 54.0 Å². The van der Waals surface area contributed by atoms with E-state index >= 15 is 0 Å². The number of benzene rings is 1. The number of nitrogens with two attached hydrogens (primary N) is 1. The van der Waals surface area contributed by atoms with Gasteiger partial charge in [-0.25, -0.2) is 23.5 Å². The first-order valence-electron chi connectivity index (χ1n) is 7.63. The van der Waals surface area contributed by atoms with Crippen molar-refractivity contribution in [3.8, 4) is 0 Å². The summed E-state index contributed by atoms with van der Waals surface area (Å²) < 4.78 is 28.6. The first kappa shape index (κ1) is 15.3. The van der Waals surface area contributed by atoms with Crippen molar-refractivity contribution in [1.29, 1.82) is 0 Å². The van der Waals surface area contributed by atoms with Gasteiger partial charge in [0.2, 0.25) is 0 Å². The molecule has 2 aromatic heterocycles. The number of sulfonamides is 1. The standard InChI is InChI=1S/C17H17N3O3S/c1-17(2)14(10-7-8-13(19-9-10)24(18,21)22)15(17)16-20-11-5-3-4-6-12(11)23-16/h3-9,14-15H,1-2H3,(H2,18,21,22). The highest BCUT2D eigenvalue weighted by molar-refractivity contribution is 7.89. The summed E-state index contributed by atoms with van der Waals surface area (Å²) in [6.07, 6.45) is 1.58. The smallest absolute Gasteiger partial charge is 0.255 e. The second-order valence-electron chi connectivity index (χ2n) is 6.77. The maximum absolute atomic E-state index is 11.3. The van der Waals surface area contributed by atoms with Gasteiger partial charge in [-0.3, -0.25) is 0 Å². The molecule has 0 radical (unpaired) electrons. The molecule has 1 fully saturated rings. The van der Waals surface area contributed by atoms with E-state index in [1.165, 1.54) is 6.07 Å². The third-order valence-corrected chi connectivity index (χ3v) is 5.64. The number of hydrogen-bond donors (Lipinski definition) is 1. The van der Waals surface area contributed by atoms with Crippen molar-refractivity contribution in [3.63, 3.8) is 0 Å². The molecule has 1 aliphatic rings. The van der Waals surface area contributed by atoms with E-state index in [1.54, 1.807) is 12.3 Å². The van der Waals surface area contributed by atoms with Crippen molar-refractivity contribution in [2.45, 2.75) is 30.7 Å². The predicted molar refractivity (Wildman–Crippen MR) is 88.9 cm³/mol. The first-order chi connectivity index (χ1) is 11.3. The van der Waals surface area contributed by atoms with Gasteiger partial charge in [-0.15, -0.1) is 0 Å². The van der Waals surface area contributed by atoms with Crippen LogP contribution in [0.25, 0.3) is 11.1 Å². The molecular formula is C17H17N3O3S. The average Bonchev–Trinajstić information content (AvgIpc) is 2.90. The van der Waals surface area contributed by atoms with Crippen LogP contribution in [0.3, 0.4) is 0 Å². The number of pyridine rings is 1. The van der Waals surface area contributed by atoms with E-state index in [0.29, 0.717) is 5.89 Å². The van der Waals surface area contributed by atoms with Gasteiger partial charge < -0.3 is 4.42 Å². The van der Waals surface area contributed by atoms with Crippen LogP contribution >= 0.6 is 0 Å². The summed E-state index contributed by atoms with van der Waals surface area (Å²) in [5.41, 5.74) is 2.54. The molecule has 0 amide bonds. The zero-order chi connectivity index (χ0) is 17.1. The SMILES string of the molecule is CC1(C)C(c2ccc(S(N)(=O)=O)nc2)C1c1nc2ccccc2o1. The Hall–Kier alpha value is -2.25. The normalized spacial score (nSPS) is 22.6. The molecule has 3 aromatic rings. The summed E-state index contributed by atoms with van der Waals surface area (Å²) in [6, 6.07) is 10.9. The van der Waals surface area contributed by atoms with Gasteiger partial charge in [0.25, 0.3) is 10.0 Å². The van der Waals surface area contributed by atoms with Crippen LogP contribution in [-0.2, 0) is 10.0 Å². The van der Waals surface area contributed by atoms with Crippen LogP contribution in [0.15, 0.2) is 52.0 Å². The van der Waals surface area contributed by atoms with Crippen molar-refractivity contribution >= 4 is 21.1 Å². The Bertz CT molecular complexity index is 990. The molecule has 24 heavy (non-hydrogen) atoms. The molecule has 2 atom stereocenters. The molecule has 2 unspecified atom stereocenters. The maximum atomic E-state index is 11.3. The van der Waals surface area contributed by atoms with Gasteiger partial charge in [0.15, 0.2) is 16.5 Å². The monoisotopic (exact) mass is 343 g/mol. The van der Waals surface area contributed by atoms with Crippen LogP contribution in [0, 0.1) is 5.41 Å². The number of primary sulfonamides is 1. The molecule has 1 aliphatic carbocycles. The number of nitrogens with zero attached hydrogens (tertiary/aromatic N) is 2. The van der Waals surface area contributed by atoms with E-state index in [2.05, 4.69) is 23.8 Å². The van der Waals surface area contributed by atoms with E-state index < -0.39 is 10.0 Å². The van der Waals surface area contributed by atoms with Crippen LogP contribution in [0.5, 0.6) is 0 Å². The molecule has 7 heteroatoms. The minimum absolute atomic E-state index is 0.0360. The molecule has 124 valence electrons. The topological polar surface area (TPSA) is 99.1 Å². The van der Waals surface area contributed by atoms with E-state index in [9.17, 15) is 8.42 Å². The summed E-state index contributed by atoms with van der Waals surface area (Å²) in [7, 11) is -3.78. The number of aromatic nitrogens is 2. The van der Waals surface area contributed by atoms with Crippen LogP contribution in [0.2, 0.25) is 0 Å². The van der Waals surface area contributed by atoms with Gasteiger partial charge in [-0.05, 0) is 29.2 Å². The Morgan fingerprint density at radius 3 is 2.50 bits per heavy atom. The van der Waals surface area contributed by atoms with E-state index in [4.69, 9.17) is 9.56 Å². The lowest BCUT2D eigenvalue weighted by atomic mass is 10.1. The zero-order valence-electron chi connectivity index (χ0n) is 13.3. The van der Waals surface area contributed by atoms with Gasteiger partial charge in [0.05, 0.1) is 0 Å². The molecule has 4 rings (SSSR count). The first-order valence-corrected chi connectivity index (χ1v) is 9.17. The van der Waals surface area contributed by atoms with E-state index in [1.807, 2.05) is 24.3 Å². The number of fused-ring (bicyclic) bond motifs is 1. The second-order valence-corrected chi connectivity index (χ2v) is 8.28. The lowest BCUT2D eigenvalue weighted by Gasteiger charge is -2.03. The third kappa shape index (κ3) is 2.32. The number of hydrogen-bond acceptors (Lipinski definition) is 5. The Kier molecular flexibility index (Phi) is 3.10. The second kappa shape index (κ2) is 4.87. The van der Waals surface area contributed by atoms with Crippen LogP contribution in [0.4, 0.5) is 0 Å². The molecule has 2 N–H and O–H groups in total. The molecule has 6 nitrogen and oxygen atoms in total. The Balaban J connectivity index is 1.69. The van der Waals surface area contributed by atoms with Gasteiger partial charge in [-0.2, -0.15) is 0 Å². The van der Waals surface area contributed by atoms with Crippen molar-refractivity contribution in [2.24, 2.45) is 10.6 Å². The minimum Gasteiger partial charge on any atom is -0.440 e. The van der Waals surface area contributed by atoms with Crippen LogP contribution < -0.4 is 5.14 Å². The summed E-state index contributed by atoms with van der Waals surface area (Å²) in [5.74, 6) is 1.02. The van der Waals surface area contributed by atoms with Gasteiger partial charge >= 0.3 is 0 Å². The quantitative estimate of drug-likeness (QED) is 0.788. The molecule has 0 bridgehead atoms.